The molecule has 1 rings (SSSR count). The van der Waals surface area contributed by atoms with E-state index in [-0.39, 0.29) is 12.3 Å². The summed E-state index contributed by atoms with van der Waals surface area (Å²) in [5.74, 6) is -2.37. The summed E-state index contributed by atoms with van der Waals surface area (Å²) in [6, 6.07) is -1.00. The van der Waals surface area contributed by atoms with E-state index in [0.29, 0.717) is 12.8 Å². The number of nitrogens with zero attached hydrogens (tertiary/aromatic N) is 1. The third-order valence-electron chi connectivity index (χ3n) is 5.03. The molecule has 2 atom stereocenters. The van der Waals surface area contributed by atoms with Gasteiger partial charge in [-0.1, -0.05) is 19.3 Å². The van der Waals surface area contributed by atoms with Gasteiger partial charge in [-0.05, 0) is 33.1 Å². The first kappa shape index (κ1) is 20.9. The molecule has 8 nitrogen and oxygen atoms in total. The molecular formula is C17H30N4O4. The van der Waals surface area contributed by atoms with Crippen LogP contribution in [0.5, 0.6) is 0 Å². The van der Waals surface area contributed by atoms with Crippen LogP contribution in [0.3, 0.4) is 0 Å². The predicted molar refractivity (Wildman–Crippen MR) is 93.0 cm³/mol. The molecular weight excluding hydrogens is 324 g/mol. The second kappa shape index (κ2) is 8.82. The summed E-state index contributed by atoms with van der Waals surface area (Å²) >= 11 is 0. The van der Waals surface area contributed by atoms with E-state index >= 15 is 0 Å². The maximum Gasteiger partial charge on any atom is 0.246 e. The van der Waals surface area contributed by atoms with Crippen LogP contribution in [0, 0.1) is 5.92 Å². The lowest BCUT2D eigenvalue weighted by Crippen LogP contribution is -2.59. The summed E-state index contributed by atoms with van der Waals surface area (Å²) in [5.41, 5.74) is 9.69. The third-order valence-corrected chi connectivity index (χ3v) is 5.03. The van der Waals surface area contributed by atoms with Crippen LogP contribution in [0.1, 0.15) is 58.8 Å². The lowest BCUT2D eigenvalue weighted by atomic mass is 9.91. The molecule has 5 N–H and O–H groups in total. The normalized spacial score (nSPS) is 26.4. The largest absolute Gasteiger partial charge is 0.369 e. The molecule has 8 heteroatoms. The highest BCUT2D eigenvalue weighted by Gasteiger charge is 2.37. The summed E-state index contributed by atoms with van der Waals surface area (Å²) < 4.78 is 0. The zero-order valence-corrected chi connectivity index (χ0v) is 15.3. The molecule has 1 heterocycles. The minimum absolute atomic E-state index is 0.0736. The number of rotatable bonds is 2. The number of nitrogens with one attached hydrogen (secondary N) is 1. The van der Waals surface area contributed by atoms with Gasteiger partial charge in [0.1, 0.15) is 11.6 Å². The van der Waals surface area contributed by atoms with Gasteiger partial charge in [-0.25, -0.2) is 0 Å². The van der Waals surface area contributed by atoms with Crippen LogP contribution in [0.4, 0.5) is 0 Å². The highest BCUT2D eigenvalue weighted by Crippen LogP contribution is 2.20. The van der Waals surface area contributed by atoms with Gasteiger partial charge >= 0.3 is 0 Å². The van der Waals surface area contributed by atoms with Crippen LogP contribution in [-0.4, -0.2) is 47.2 Å². The fourth-order valence-electron chi connectivity index (χ4n) is 2.89. The Balaban J connectivity index is 3.05. The smallest absolute Gasteiger partial charge is 0.246 e. The molecule has 0 aromatic rings. The number of likely N-dealkylation sites (N-methyl/N-ethyl adjacent to an activating group) is 1. The van der Waals surface area contributed by atoms with E-state index in [4.69, 9.17) is 11.5 Å². The number of carbonyl (C=O) groups excluding carboxylic acids is 4. The highest BCUT2D eigenvalue weighted by molar-refractivity contribution is 5.94. The Kier molecular flexibility index (Phi) is 7.38. The third kappa shape index (κ3) is 5.72. The van der Waals surface area contributed by atoms with Crippen molar-refractivity contribution in [2.45, 2.75) is 70.4 Å². The van der Waals surface area contributed by atoms with E-state index in [2.05, 4.69) is 5.32 Å². The van der Waals surface area contributed by atoms with Crippen molar-refractivity contribution < 1.29 is 19.2 Å². The van der Waals surface area contributed by atoms with E-state index in [1.165, 1.54) is 4.90 Å². The maximum absolute atomic E-state index is 12.6. The first-order valence-corrected chi connectivity index (χ1v) is 8.73. The summed E-state index contributed by atoms with van der Waals surface area (Å²) in [4.78, 5) is 49.7. The molecule has 142 valence electrons. The van der Waals surface area contributed by atoms with Crippen molar-refractivity contribution in [1.82, 2.24) is 10.2 Å². The highest BCUT2D eigenvalue weighted by atomic mass is 16.2. The Morgan fingerprint density at radius 1 is 1.08 bits per heavy atom. The lowest BCUT2D eigenvalue weighted by molar-refractivity contribution is -0.145. The molecule has 1 fully saturated rings. The molecule has 1 saturated heterocycles. The maximum atomic E-state index is 12.6. The number of hydrogen-bond donors (Lipinski definition) is 3. The van der Waals surface area contributed by atoms with Gasteiger partial charge in [-0.3, -0.25) is 19.2 Å². The van der Waals surface area contributed by atoms with E-state index in [1.54, 1.807) is 20.9 Å². The molecule has 0 aliphatic carbocycles. The zero-order chi connectivity index (χ0) is 19.2. The molecule has 0 aromatic heterocycles. The topological polar surface area (TPSA) is 136 Å². The number of hydrogen-bond acceptors (Lipinski definition) is 4. The van der Waals surface area contributed by atoms with Crippen LogP contribution in [0.15, 0.2) is 0 Å². The van der Waals surface area contributed by atoms with E-state index in [1.807, 2.05) is 0 Å². The van der Waals surface area contributed by atoms with Gasteiger partial charge in [-0.15, -0.1) is 0 Å². The first-order chi connectivity index (χ1) is 11.6. The van der Waals surface area contributed by atoms with Crippen molar-refractivity contribution >= 4 is 23.6 Å². The second-order valence-electron chi connectivity index (χ2n) is 7.23. The zero-order valence-electron chi connectivity index (χ0n) is 15.3. The fraction of sp³-hybridized carbons (Fsp3) is 0.765. The average Bonchev–Trinajstić information content (AvgIpc) is 2.53. The first-order valence-electron chi connectivity index (χ1n) is 8.73. The molecule has 25 heavy (non-hydrogen) atoms. The van der Waals surface area contributed by atoms with Crippen LogP contribution in [-0.2, 0) is 19.2 Å². The Morgan fingerprint density at radius 2 is 1.68 bits per heavy atom. The standard InChI is InChI=1S/C17H30N4O4/c1-17(2)16(25)20-12(15(19)24)10-11(14(18)23)8-6-4-5-7-9-13(22)21(17)3/h11-12H,4-10H2,1-3H3,(H2,18,23)(H2,19,24)(H,20,25). The van der Waals surface area contributed by atoms with Gasteiger partial charge in [-0.2, -0.15) is 0 Å². The second-order valence-corrected chi connectivity index (χ2v) is 7.23. The quantitative estimate of drug-likeness (QED) is 0.645. The van der Waals surface area contributed by atoms with Crippen molar-refractivity contribution in [3.63, 3.8) is 0 Å². The molecule has 0 saturated carbocycles. The van der Waals surface area contributed by atoms with E-state index in [9.17, 15) is 19.2 Å². The van der Waals surface area contributed by atoms with Crippen LogP contribution < -0.4 is 16.8 Å². The van der Waals surface area contributed by atoms with Crippen molar-refractivity contribution in [1.29, 1.82) is 0 Å². The van der Waals surface area contributed by atoms with Crippen molar-refractivity contribution in [2.75, 3.05) is 7.05 Å². The van der Waals surface area contributed by atoms with Gasteiger partial charge in [0.2, 0.25) is 23.6 Å². The van der Waals surface area contributed by atoms with Gasteiger partial charge in [0.25, 0.3) is 0 Å². The molecule has 1 aliphatic rings. The van der Waals surface area contributed by atoms with Gasteiger partial charge in [0, 0.05) is 19.4 Å². The summed E-state index contributed by atoms with van der Waals surface area (Å²) in [6.45, 7) is 3.21. The minimum atomic E-state index is -1.14. The average molecular weight is 354 g/mol. The molecule has 0 spiro atoms. The predicted octanol–water partition coefficient (Wildman–Crippen LogP) is 0.0393. The molecule has 2 unspecified atom stereocenters. The van der Waals surface area contributed by atoms with Crippen LogP contribution in [0.2, 0.25) is 0 Å². The van der Waals surface area contributed by atoms with Crippen molar-refractivity contribution in [3.05, 3.63) is 0 Å². The lowest BCUT2D eigenvalue weighted by Gasteiger charge is -2.35. The molecule has 0 aromatic carbocycles. The number of amides is 4. The van der Waals surface area contributed by atoms with E-state index in [0.717, 1.165) is 25.7 Å². The molecule has 0 radical (unpaired) electrons. The fourth-order valence-corrected chi connectivity index (χ4v) is 2.89. The SMILES string of the molecule is CN1C(=O)CCCCCCC(C(N)=O)CC(C(N)=O)NC(=O)C1(C)C. The van der Waals surface area contributed by atoms with Crippen LogP contribution in [0.25, 0.3) is 0 Å². The van der Waals surface area contributed by atoms with E-state index < -0.39 is 35.2 Å². The summed E-state index contributed by atoms with van der Waals surface area (Å²) in [7, 11) is 1.57. The van der Waals surface area contributed by atoms with Crippen molar-refractivity contribution in [2.24, 2.45) is 17.4 Å². The van der Waals surface area contributed by atoms with Gasteiger partial charge < -0.3 is 21.7 Å². The minimum Gasteiger partial charge on any atom is -0.369 e. The van der Waals surface area contributed by atoms with Crippen LogP contribution >= 0.6 is 0 Å². The number of primary amides is 2. The Hall–Kier alpha value is -2.12. The molecule has 0 bridgehead atoms. The number of carbonyl (C=O) groups is 4. The van der Waals surface area contributed by atoms with Gasteiger partial charge in [0.15, 0.2) is 0 Å². The Bertz CT molecular complexity index is 533. The Morgan fingerprint density at radius 3 is 2.24 bits per heavy atom. The number of nitrogens with two attached hydrogens (primary N) is 2. The van der Waals surface area contributed by atoms with Gasteiger partial charge in [0.05, 0.1) is 0 Å². The summed E-state index contributed by atoms with van der Waals surface area (Å²) in [6.07, 6.45) is 4.19. The van der Waals surface area contributed by atoms with Crippen molar-refractivity contribution in [3.8, 4) is 0 Å². The molecule has 1 aliphatic heterocycles. The summed E-state index contributed by atoms with van der Waals surface area (Å²) in [5, 5.41) is 2.58. The monoisotopic (exact) mass is 354 g/mol. The Labute approximate surface area is 148 Å². The molecule has 4 amide bonds.